The Morgan fingerprint density at radius 3 is 2.74 bits per heavy atom. The Labute approximate surface area is 160 Å². The topological polar surface area (TPSA) is 120 Å². The fourth-order valence-corrected chi connectivity index (χ4v) is 3.64. The van der Waals surface area contributed by atoms with Gasteiger partial charge in [-0.25, -0.2) is 15.0 Å². The van der Waals surface area contributed by atoms with Gasteiger partial charge in [-0.15, -0.1) is 0 Å². The molecule has 0 aliphatic carbocycles. The number of hydrogen-bond donors (Lipinski definition) is 3. The van der Waals surface area contributed by atoms with Crippen molar-refractivity contribution in [2.24, 2.45) is 0 Å². The molecular formula is C17H29N6O3P. The van der Waals surface area contributed by atoms with Crippen molar-refractivity contribution in [2.45, 2.75) is 58.9 Å². The van der Waals surface area contributed by atoms with Crippen LogP contribution in [0.15, 0.2) is 25.0 Å². The van der Waals surface area contributed by atoms with Gasteiger partial charge in [0, 0.05) is 0 Å². The van der Waals surface area contributed by atoms with Gasteiger partial charge >= 0.3 is 0 Å². The zero-order valence-corrected chi connectivity index (χ0v) is 17.4. The molecule has 2 aromatic heterocycles. The Morgan fingerprint density at radius 2 is 2.07 bits per heavy atom. The van der Waals surface area contributed by atoms with Gasteiger partial charge in [0.2, 0.25) is 0 Å². The lowest BCUT2D eigenvalue weighted by Crippen LogP contribution is -2.39. The molecule has 0 spiro atoms. The highest BCUT2D eigenvalue weighted by atomic mass is 31.2. The van der Waals surface area contributed by atoms with Gasteiger partial charge in [-0.2, -0.15) is 0 Å². The molecule has 2 atom stereocenters. The molecule has 2 rings (SSSR count). The molecule has 0 unspecified atom stereocenters. The third-order valence-corrected chi connectivity index (χ3v) is 5.06. The van der Waals surface area contributed by atoms with E-state index in [9.17, 15) is 4.89 Å². The predicted molar refractivity (Wildman–Crippen MR) is 107 cm³/mol. The number of anilines is 1. The Hall–Kier alpha value is -1.80. The van der Waals surface area contributed by atoms with Crippen LogP contribution in [0.5, 0.6) is 0 Å². The molecule has 0 radical (unpaired) electrons. The van der Waals surface area contributed by atoms with E-state index in [1.165, 1.54) is 6.33 Å². The summed E-state index contributed by atoms with van der Waals surface area (Å²) in [4.78, 5) is 22.7. The third kappa shape index (κ3) is 5.84. The van der Waals surface area contributed by atoms with E-state index in [1.54, 1.807) is 6.33 Å². The molecule has 150 valence electrons. The largest absolute Gasteiger partial charge is 0.494 e. The number of nitrogens with one attached hydrogen (secondary N) is 1. The van der Waals surface area contributed by atoms with E-state index in [1.807, 2.05) is 39.2 Å². The summed E-state index contributed by atoms with van der Waals surface area (Å²) in [7, 11) is -1.55. The molecule has 0 amide bonds. The lowest BCUT2D eigenvalue weighted by atomic mass is 10.1. The number of nitrogens with two attached hydrogens (primary N) is 1. The first-order chi connectivity index (χ1) is 12.6. The van der Waals surface area contributed by atoms with Gasteiger partial charge in [-0.1, -0.05) is 6.58 Å². The van der Waals surface area contributed by atoms with Crippen LogP contribution in [0, 0.1) is 0 Å². The lowest BCUT2D eigenvalue weighted by molar-refractivity contribution is 0.0839. The summed E-state index contributed by atoms with van der Waals surface area (Å²) in [6.07, 6.45) is 3.12. The molecule has 0 aromatic carbocycles. The highest BCUT2D eigenvalue weighted by Gasteiger charge is 2.27. The molecule has 2 heterocycles. The highest BCUT2D eigenvalue weighted by molar-refractivity contribution is 7.49. The second-order valence-electron chi connectivity index (χ2n) is 7.16. The van der Waals surface area contributed by atoms with Crippen molar-refractivity contribution < 1.29 is 14.4 Å². The number of rotatable bonds is 10. The maximum atomic E-state index is 10.3. The second kappa shape index (κ2) is 8.93. The van der Waals surface area contributed by atoms with Crippen LogP contribution >= 0.6 is 8.30 Å². The molecular weight excluding hydrogens is 367 g/mol. The normalized spacial score (nSPS) is 14.5. The Kier molecular flexibility index (Phi) is 7.11. The van der Waals surface area contributed by atoms with E-state index in [0.717, 1.165) is 0 Å². The summed E-state index contributed by atoms with van der Waals surface area (Å²) in [5, 5.41) is 3.13. The van der Waals surface area contributed by atoms with Crippen LogP contribution in [0.25, 0.3) is 11.2 Å². The summed E-state index contributed by atoms with van der Waals surface area (Å²) in [5.41, 5.74) is 6.46. The Morgan fingerprint density at radius 1 is 1.37 bits per heavy atom. The quantitative estimate of drug-likeness (QED) is 0.414. The first kappa shape index (κ1) is 21.5. The Balaban J connectivity index is 1.86. The van der Waals surface area contributed by atoms with Crippen molar-refractivity contribution in [2.75, 3.05) is 12.1 Å². The van der Waals surface area contributed by atoms with Gasteiger partial charge in [-0.05, 0) is 34.6 Å². The molecule has 0 aliphatic rings. The van der Waals surface area contributed by atoms with E-state index in [2.05, 4.69) is 26.6 Å². The van der Waals surface area contributed by atoms with Crippen LogP contribution in [-0.4, -0.2) is 48.5 Å². The van der Waals surface area contributed by atoms with Crippen molar-refractivity contribution in [1.82, 2.24) is 24.6 Å². The average Bonchev–Trinajstić information content (AvgIpc) is 2.96. The molecule has 27 heavy (non-hydrogen) atoms. The number of aromatic nitrogens is 4. The van der Waals surface area contributed by atoms with E-state index in [0.29, 0.717) is 29.3 Å². The van der Waals surface area contributed by atoms with Gasteiger partial charge in [-0.3, -0.25) is 5.09 Å². The molecule has 2 aromatic rings. The molecule has 0 aliphatic heterocycles. The summed E-state index contributed by atoms with van der Waals surface area (Å²) < 4.78 is 13.3. The summed E-state index contributed by atoms with van der Waals surface area (Å²) >= 11 is 0. The van der Waals surface area contributed by atoms with E-state index >= 15 is 0 Å². The van der Waals surface area contributed by atoms with Gasteiger partial charge in [0.1, 0.15) is 32.3 Å². The van der Waals surface area contributed by atoms with Gasteiger partial charge in [0.25, 0.3) is 0 Å². The van der Waals surface area contributed by atoms with E-state index in [-0.39, 0.29) is 18.6 Å². The third-order valence-electron chi connectivity index (χ3n) is 3.85. The number of hydrogen-bond acceptors (Lipinski definition) is 8. The minimum absolute atomic E-state index is 0.0302. The standard InChI is InChI=1S/C17H29N6O3P/c1-11(2)26-13(4)17(5,6)22-27(24)10-25-12(3)7-23-9-21-14-15(18)19-8-20-16(14)23/h8-9,11-12,22,24H,4,7,10H2,1-3,5-6H3,(H2,18,19,20)/t12-,27-/m1/s1. The summed E-state index contributed by atoms with van der Waals surface area (Å²) in [6.45, 7) is 14.1. The predicted octanol–water partition coefficient (Wildman–Crippen LogP) is 2.38. The first-order valence-corrected chi connectivity index (χ1v) is 10.2. The van der Waals surface area contributed by atoms with Crippen LogP contribution in [0.3, 0.4) is 0 Å². The van der Waals surface area contributed by atoms with Crippen molar-refractivity contribution in [3.63, 3.8) is 0 Å². The lowest BCUT2D eigenvalue weighted by Gasteiger charge is -2.32. The van der Waals surface area contributed by atoms with E-state index < -0.39 is 13.8 Å². The van der Waals surface area contributed by atoms with Crippen LogP contribution in [-0.2, 0) is 16.0 Å². The van der Waals surface area contributed by atoms with Crippen LogP contribution in [0.4, 0.5) is 5.82 Å². The summed E-state index contributed by atoms with van der Waals surface area (Å²) in [6, 6.07) is 0. The monoisotopic (exact) mass is 396 g/mol. The smallest absolute Gasteiger partial charge is 0.165 e. The first-order valence-electron chi connectivity index (χ1n) is 8.73. The average molecular weight is 396 g/mol. The zero-order valence-electron chi connectivity index (χ0n) is 16.5. The fraction of sp³-hybridized carbons (Fsp3) is 0.588. The minimum atomic E-state index is -1.55. The minimum Gasteiger partial charge on any atom is -0.494 e. The molecule has 9 nitrogen and oxygen atoms in total. The summed E-state index contributed by atoms with van der Waals surface area (Å²) in [5.74, 6) is 0.927. The maximum absolute atomic E-state index is 10.3. The molecule has 4 N–H and O–H groups in total. The van der Waals surface area contributed by atoms with Crippen molar-refractivity contribution in [3.05, 3.63) is 25.0 Å². The van der Waals surface area contributed by atoms with Gasteiger partial charge in [0.05, 0.1) is 30.6 Å². The zero-order chi connectivity index (χ0) is 20.2. The number of nitrogens with zero attached hydrogens (tertiary/aromatic N) is 4. The number of nitrogen functional groups attached to an aromatic ring is 1. The molecule has 0 bridgehead atoms. The fourth-order valence-electron chi connectivity index (χ4n) is 2.41. The van der Waals surface area contributed by atoms with Crippen LogP contribution < -0.4 is 10.8 Å². The van der Waals surface area contributed by atoms with E-state index in [4.69, 9.17) is 15.2 Å². The Bertz CT molecular complexity index is 779. The van der Waals surface area contributed by atoms with Crippen molar-refractivity contribution >= 4 is 25.3 Å². The van der Waals surface area contributed by atoms with Crippen LogP contribution in [0.1, 0.15) is 34.6 Å². The highest BCUT2D eigenvalue weighted by Crippen LogP contribution is 2.32. The van der Waals surface area contributed by atoms with Gasteiger partial charge < -0.3 is 24.7 Å². The number of imidazole rings is 1. The molecule has 0 saturated carbocycles. The second-order valence-corrected chi connectivity index (χ2v) is 8.44. The van der Waals surface area contributed by atoms with Crippen LogP contribution in [0.2, 0.25) is 0 Å². The molecule has 10 heteroatoms. The molecule has 0 fully saturated rings. The van der Waals surface area contributed by atoms with Crippen molar-refractivity contribution in [1.29, 1.82) is 0 Å². The SMILES string of the molecule is C=C(OC(C)C)C(C)(C)N[P@](O)CO[C@H](C)Cn1cnc2c(N)ncnc21. The number of fused-ring (bicyclic) bond motifs is 1. The molecule has 0 saturated heterocycles. The van der Waals surface area contributed by atoms with Gasteiger partial charge in [0.15, 0.2) is 11.5 Å². The maximum Gasteiger partial charge on any atom is 0.165 e. The number of ether oxygens (including phenoxy) is 2. The van der Waals surface area contributed by atoms with Crippen molar-refractivity contribution in [3.8, 4) is 0 Å².